The summed E-state index contributed by atoms with van der Waals surface area (Å²) >= 11 is 0. The van der Waals surface area contributed by atoms with Gasteiger partial charge in [-0.25, -0.2) is 15.0 Å². The minimum Gasteiger partial charge on any atom is -0.378 e. The first-order valence-corrected chi connectivity index (χ1v) is 8.66. The fraction of sp³-hybridized carbons (Fsp3) is 0.389. The van der Waals surface area contributed by atoms with Crippen molar-refractivity contribution in [3.8, 4) is 11.3 Å². The van der Waals surface area contributed by atoms with Crippen molar-refractivity contribution in [1.29, 1.82) is 0 Å². The van der Waals surface area contributed by atoms with E-state index in [1.165, 1.54) is 5.56 Å². The summed E-state index contributed by atoms with van der Waals surface area (Å²) in [6.45, 7) is 4.20. The summed E-state index contributed by atoms with van der Waals surface area (Å²) in [6.07, 6.45) is 8.73. The van der Waals surface area contributed by atoms with Gasteiger partial charge in [-0.2, -0.15) is 0 Å². The third-order valence-electron chi connectivity index (χ3n) is 5.04. The highest BCUT2D eigenvalue weighted by atomic mass is 16.5. The molecule has 128 valence electrons. The van der Waals surface area contributed by atoms with Crippen LogP contribution in [0.15, 0.2) is 30.9 Å². The van der Waals surface area contributed by atoms with Gasteiger partial charge in [-0.1, -0.05) is 0 Å². The first-order chi connectivity index (χ1) is 12.3. The van der Waals surface area contributed by atoms with Gasteiger partial charge >= 0.3 is 0 Å². The largest absolute Gasteiger partial charge is 0.378 e. The fourth-order valence-electron chi connectivity index (χ4n) is 3.68. The van der Waals surface area contributed by atoms with E-state index < -0.39 is 0 Å². The van der Waals surface area contributed by atoms with E-state index in [1.54, 1.807) is 0 Å². The molecule has 7 nitrogen and oxygen atoms in total. The lowest BCUT2D eigenvalue weighted by Crippen LogP contribution is -2.37. The van der Waals surface area contributed by atoms with Gasteiger partial charge in [-0.15, -0.1) is 0 Å². The molecule has 0 spiro atoms. The third kappa shape index (κ3) is 2.34. The zero-order chi connectivity index (χ0) is 16.8. The van der Waals surface area contributed by atoms with Gasteiger partial charge in [0.05, 0.1) is 25.1 Å². The van der Waals surface area contributed by atoms with Gasteiger partial charge < -0.3 is 14.5 Å². The second-order valence-corrected chi connectivity index (χ2v) is 6.57. The number of rotatable bonds is 2. The highest BCUT2D eigenvalue weighted by molar-refractivity contribution is 5.72. The number of aromatic nitrogens is 4. The predicted molar refractivity (Wildman–Crippen MR) is 96.2 cm³/mol. The first-order valence-electron chi connectivity index (χ1n) is 8.66. The van der Waals surface area contributed by atoms with E-state index in [0.717, 1.165) is 67.8 Å². The number of likely N-dealkylation sites (N-methyl/N-ethyl adjacent to an activating group) is 1. The minimum atomic E-state index is 0.735. The van der Waals surface area contributed by atoms with Gasteiger partial charge in [-0.05, 0) is 18.1 Å². The number of ether oxygens (including phenoxy) is 1. The fourth-order valence-corrected chi connectivity index (χ4v) is 3.68. The topological polar surface area (TPSA) is 58.8 Å². The summed E-state index contributed by atoms with van der Waals surface area (Å²) in [6, 6.07) is 2.24. The van der Waals surface area contributed by atoms with Gasteiger partial charge in [0.2, 0.25) is 0 Å². The number of hydrogen-bond donors (Lipinski definition) is 0. The number of nitrogens with zero attached hydrogens (tertiary/aromatic N) is 6. The molecule has 0 N–H and O–H groups in total. The van der Waals surface area contributed by atoms with Crippen LogP contribution >= 0.6 is 0 Å². The van der Waals surface area contributed by atoms with Crippen LogP contribution in [0.4, 0.5) is 11.6 Å². The molecular weight excluding hydrogens is 316 g/mol. The van der Waals surface area contributed by atoms with Crippen LogP contribution in [-0.2, 0) is 11.2 Å². The number of anilines is 2. The van der Waals surface area contributed by atoms with E-state index >= 15 is 0 Å². The van der Waals surface area contributed by atoms with Crippen molar-refractivity contribution < 1.29 is 4.74 Å². The van der Waals surface area contributed by atoms with E-state index in [2.05, 4.69) is 42.3 Å². The molecule has 3 aromatic heterocycles. The lowest BCUT2D eigenvalue weighted by atomic mass is 10.1. The van der Waals surface area contributed by atoms with E-state index in [9.17, 15) is 0 Å². The Balaban J connectivity index is 1.59. The van der Waals surface area contributed by atoms with Gasteiger partial charge in [-0.3, -0.25) is 4.40 Å². The van der Waals surface area contributed by atoms with Crippen molar-refractivity contribution in [2.45, 2.75) is 6.42 Å². The smallest absolute Gasteiger partial charge is 0.180 e. The predicted octanol–water partition coefficient (Wildman–Crippen LogP) is 1.62. The van der Waals surface area contributed by atoms with Crippen LogP contribution in [-0.4, -0.2) is 59.2 Å². The average Bonchev–Trinajstić information content (AvgIpc) is 3.26. The molecule has 0 aliphatic carbocycles. The molecule has 2 aliphatic rings. The van der Waals surface area contributed by atoms with E-state index in [1.807, 2.05) is 24.8 Å². The summed E-state index contributed by atoms with van der Waals surface area (Å²) < 4.78 is 7.56. The molecule has 0 unspecified atom stereocenters. The molecule has 7 heteroatoms. The minimum absolute atomic E-state index is 0.735. The first kappa shape index (κ1) is 14.7. The van der Waals surface area contributed by atoms with Crippen molar-refractivity contribution in [3.63, 3.8) is 0 Å². The monoisotopic (exact) mass is 336 g/mol. The molecule has 3 aromatic rings. The molecule has 0 amide bonds. The second-order valence-electron chi connectivity index (χ2n) is 6.57. The zero-order valence-corrected chi connectivity index (χ0v) is 14.2. The molecule has 0 bridgehead atoms. The van der Waals surface area contributed by atoms with Gasteiger partial charge in [0, 0.05) is 50.8 Å². The van der Waals surface area contributed by atoms with Crippen molar-refractivity contribution in [2.75, 3.05) is 49.7 Å². The number of morpholine rings is 1. The van der Waals surface area contributed by atoms with Crippen LogP contribution < -0.4 is 9.80 Å². The van der Waals surface area contributed by atoms with Crippen LogP contribution in [0.1, 0.15) is 5.56 Å². The lowest BCUT2D eigenvalue weighted by molar-refractivity contribution is 0.122. The maximum atomic E-state index is 5.45. The quantitative estimate of drug-likeness (QED) is 0.709. The Kier molecular flexibility index (Phi) is 3.34. The molecule has 1 fully saturated rings. The molecular formula is C18H20N6O. The summed E-state index contributed by atoms with van der Waals surface area (Å²) in [7, 11) is 2.09. The normalized spacial score (nSPS) is 17.3. The SMILES string of the molecule is CN1CCc2cc(-c3cnc4c(N5CCOCC5)nccn34)cnc21. The van der Waals surface area contributed by atoms with Crippen LogP contribution in [0.3, 0.4) is 0 Å². The summed E-state index contributed by atoms with van der Waals surface area (Å²) in [5, 5.41) is 0. The molecule has 0 saturated carbocycles. The standard InChI is InChI=1S/C18H20N6O/c1-22-4-2-13-10-14(11-20-16(13)22)15-12-21-18-17(19-3-5-24(15)18)23-6-8-25-9-7-23/h3,5,10-12H,2,4,6-9H2,1H3. The molecule has 0 atom stereocenters. The Morgan fingerprint density at radius 3 is 2.76 bits per heavy atom. The second kappa shape index (κ2) is 5.70. The van der Waals surface area contributed by atoms with Crippen molar-refractivity contribution in [2.24, 2.45) is 0 Å². The van der Waals surface area contributed by atoms with Gasteiger partial charge in [0.15, 0.2) is 11.5 Å². The molecule has 0 radical (unpaired) electrons. The number of fused-ring (bicyclic) bond motifs is 2. The molecule has 2 aliphatic heterocycles. The Morgan fingerprint density at radius 2 is 1.88 bits per heavy atom. The highest BCUT2D eigenvalue weighted by Gasteiger charge is 2.21. The highest BCUT2D eigenvalue weighted by Crippen LogP contribution is 2.30. The molecule has 0 aromatic carbocycles. The third-order valence-corrected chi connectivity index (χ3v) is 5.04. The Morgan fingerprint density at radius 1 is 1.00 bits per heavy atom. The zero-order valence-electron chi connectivity index (χ0n) is 14.2. The van der Waals surface area contributed by atoms with Crippen LogP contribution in [0.5, 0.6) is 0 Å². The van der Waals surface area contributed by atoms with E-state index in [0.29, 0.717) is 0 Å². The molecule has 5 heterocycles. The van der Waals surface area contributed by atoms with Gasteiger partial charge in [0.1, 0.15) is 5.82 Å². The molecule has 5 rings (SSSR count). The Bertz CT molecular complexity index is 930. The lowest BCUT2D eigenvalue weighted by Gasteiger charge is -2.27. The number of hydrogen-bond acceptors (Lipinski definition) is 6. The average molecular weight is 336 g/mol. The summed E-state index contributed by atoms with van der Waals surface area (Å²) in [4.78, 5) is 18.3. The summed E-state index contributed by atoms with van der Waals surface area (Å²) in [5.74, 6) is 2.01. The summed E-state index contributed by atoms with van der Waals surface area (Å²) in [5.41, 5.74) is 4.34. The van der Waals surface area contributed by atoms with Crippen molar-refractivity contribution in [3.05, 3.63) is 36.4 Å². The van der Waals surface area contributed by atoms with Crippen LogP contribution in [0.25, 0.3) is 16.9 Å². The Hall–Kier alpha value is -2.67. The number of imidazole rings is 1. The van der Waals surface area contributed by atoms with E-state index in [-0.39, 0.29) is 0 Å². The van der Waals surface area contributed by atoms with Gasteiger partial charge in [0.25, 0.3) is 0 Å². The van der Waals surface area contributed by atoms with Crippen LogP contribution in [0.2, 0.25) is 0 Å². The maximum absolute atomic E-state index is 5.45. The number of pyridine rings is 1. The van der Waals surface area contributed by atoms with Crippen molar-refractivity contribution in [1.82, 2.24) is 19.4 Å². The molecule has 1 saturated heterocycles. The molecule has 25 heavy (non-hydrogen) atoms. The maximum Gasteiger partial charge on any atom is 0.180 e. The van der Waals surface area contributed by atoms with Crippen molar-refractivity contribution >= 4 is 17.3 Å². The Labute approximate surface area is 145 Å². The van der Waals surface area contributed by atoms with E-state index in [4.69, 9.17) is 4.74 Å². The van der Waals surface area contributed by atoms with Crippen LogP contribution in [0, 0.1) is 0 Å².